The van der Waals surface area contributed by atoms with Crippen LogP contribution in [0.15, 0.2) is 54.6 Å². The van der Waals surface area contributed by atoms with Crippen molar-refractivity contribution in [1.82, 2.24) is 0 Å². The number of aryl methyl sites for hydroxylation is 1. The summed E-state index contributed by atoms with van der Waals surface area (Å²) in [7, 11) is 3.42. The molecule has 0 aliphatic carbocycles. The highest BCUT2D eigenvalue weighted by molar-refractivity contribution is 5.25. The van der Waals surface area contributed by atoms with E-state index in [0.29, 0.717) is 5.92 Å². The summed E-state index contributed by atoms with van der Waals surface area (Å²) in [5.74, 6) is 0.297. The number of ether oxygens (including phenoxy) is 3. The Labute approximate surface area is 144 Å². The molecule has 24 heavy (non-hydrogen) atoms. The molecular formula is C21H26O3. The van der Waals surface area contributed by atoms with Gasteiger partial charge in [-0.05, 0) is 30.9 Å². The minimum Gasteiger partial charge on any atom is -0.366 e. The van der Waals surface area contributed by atoms with Crippen molar-refractivity contribution in [2.45, 2.75) is 38.3 Å². The topological polar surface area (TPSA) is 27.7 Å². The second-order valence-corrected chi connectivity index (χ2v) is 6.51. The van der Waals surface area contributed by atoms with E-state index in [9.17, 15) is 0 Å². The van der Waals surface area contributed by atoms with Crippen LogP contribution in [0.2, 0.25) is 0 Å². The minimum atomic E-state index is -0.201. The zero-order valence-electron chi connectivity index (χ0n) is 14.6. The molecule has 128 valence electrons. The molecule has 0 aromatic heterocycles. The number of methoxy groups -OCH3 is 2. The molecule has 0 radical (unpaired) electrons. The van der Waals surface area contributed by atoms with Crippen LogP contribution >= 0.6 is 0 Å². The first-order valence-electron chi connectivity index (χ1n) is 8.54. The Hall–Kier alpha value is -1.68. The van der Waals surface area contributed by atoms with Gasteiger partial charge in [-0.1, -0.05) is 60.2 Å². The molecule has 1 aliphatic heterocycles. The van der Waals surface area contributed by atoms with E-state index in [1.54, 1.807) is 14.2 Å². The van der Waals surface area contributed by atoms with Gasteiger partial charge in [0.15, 0.2) is 6.29 Å². The van der Waals surface area contributed by atoms with Gasteiger partial charge in [0, 0.05) is 20.1 Å². The number of rotatable bonds is 5. The standard InChI is InChI=1S/C21H26O3/c1-15-9-11-17(12-10-15)20-14-18(21(22-2)23-3)13-19(24-20)16-7-5-4-6-8-16/h4-12,18-21H,13-14H2,1-3H3/t18-,19-,20+/m1/s1. The summed E-state index contributed by atoms with van der Waals surface area (Å²) in [4.78, 5) is 0. The molecule has 1 fully saturated rings. The maximum Gasteiger partial charge on any atom is 0.159 e. The first kappa shape index (κ1) is 17.2. The fourth-order valence-corrected chi connectivity index (χ4v) is 3.54. The zero-order valence-corrected chi connectivity index (χ0v) is 14.6. The Morgan fingerprint density at radius 1 is 0.833 bits per heavy atom. The van der Waals surface area contributed by atoms with Gasteiger partial charge in [0.05, 0.1) is 12.2 Å². The first-order chi connectivity index (χ1) is 11.7. The molecule has 0 unspecified atom stereocenters. The molecule has 3 nitrogen and oxygen atoms in total. The Morgan fingerprint density at radius 3 is 1.92 bits per heavy atom. The monoisotopic (exact) mass is 326 g/mol. The Morgan fingerprint density at radius 2 is 1.38 bits per heavy atom. The van der Waals surface area contributed by atoms with E-state index in [1.807, 2.05) is 6.07 Å². The molecule has 1 aliphatic rings. The molecule has 1 heterocycles. The maximum atomic E-state index is 6.46. The predicted octanol–water partition coefficient (Wildman–Crippen LogP) is 4.82. The average molecular weight is 326 g/mol. The van der Waals surface area contributed by atoms with E-state index >= 15 is 0 Å². The molecule has 2 aromatic rings. The van der Waals surface area contributed by atoms with Gasteiger partial charge in [-0.15, -0.1) is 0 Å². The lowest BCUT2D eigenvalue weighted by Crippen LogP contribution is -2.33. The third kappa shape index (κ3) is 3.86. The van der Waals surface area contributed by atoms with Crippen LogP contribution in [0, 0.1) is 12.8 Å². The van der Waals surface area contributed by atoms with Crippen LogP contribution in [0.1, 0.15) is 41.7 Å². The zero-order chi connectivity index (χ0) is 16.9. The molecule has 3 heteroatoms. The normalized spacial score (nSPS) is 24.2. The largest absolute Gasteiger partial charge is 0.366 e. The summed E-state index contributed by atoms with van der Waals surface area (Å²) in [6, 6.07) is 19.0. The Kier molecular flexibility index (Phi) is 5.67. The van der Waals surface area contributed by atoms with Crippen molar-refractivity contribution in [3.05, 3.63) is 71.3 Å². The number of hydrogen-bond acceptors (Lipinski definition) is 3. The van der Waals surface area contributed by atoms with Crippen molar-refractivity contribution >= 4 is 0 Å². The van der Waals surface area contributed by atoms with Crippen molar-refractivity contribution in [2.24, 2.45) is 5.92 Å². The quantitative estimate of drug-likeness (QED) is 0.737. The van der Waals surface area contributed by atoms with Crippen LogP contribution in [-0.2, 0) is 14.2 Å². The van der Waals surface area contributed by atoms with Gasteiger partial charge in [0.1, 0.15) is 0 Å². The maximum absolute atomic E-state index is 6.46. The van der Waals surface area contributed by atoms with E-state index in [4.69, 9.17) is 14.2 Å². The Bertz CT molecular complexity index is 619. The molecule has 0 amide bonds. The van der Waals surface area contributed by atoms with Gasteiger partial charge in [0.2, 0.25) is 0 Å². The van der Waals surface area contributed by atoms with E-state index in [-0.39, 0.29) is 18.5 Å². The molecule has 0 saturated carbocycles. The van der Waals surface area contributed by atoms with Crippen molar-refractivity contribution < 1.29 is 14.2 Å². The smallest absolute Gasteiger partial charge is 0.159 e. The third-order valence-electron chi connectivity index (χ3n) is 4.83. The molecule has 3 atom stereocenters. The van der Waals surface area contributed by atoms with Crippen LogP contribution in [-0.4, -0.2) is 20.5 Å². The van der Waals surface area contributed by atoms with Crippen LogP contribution < -0.4 is 0 Å². The van der Waals surface area contributed by atoms with Gasteiger partial charge in [-0.3, -0.25) is 0 Å². The van der Waals surface area contributed by atoms with Crippen molar-refractivity contribution in [3.8, 4) is 0 Å². The molecule has 1 saturated heterocycles. The average Bonchev–Trinajstić information content (AvgIpc) is 2.64. The highest BCUT2D eigenvalue weighted by Crippen LogP contribution is 2.43. The summed E-state index contributed by atoms with van der Waals surface area (Å²) in [5, 5.41) is 0. The number of hydrogen-bond donors (Lipinski definition) is 0. The summed E-state index contributed by atoms with van der Waals surface area (Å²) >= 11 is 0. The van der Waals surface area contributed by atoms with Crippen LogP contribution in [0.3, 0.4) is 0 Å². The highest BCUT2D eigenvalue weighted by atomic mass is 16.7. The minimum absolute atomic E-state index is 0.0577. The summed E-state index contributed by atoms with van der Waals surface area (Å²) < 4.78 is 17.6. The fourth-order valence-electron chi connectivity index (χ4n) is 3.54. The highest BCUT2D eigenvalue weighted by Gasteiger charge is 2.35. The SMILES string of the molecule is COC(OC)[C@H]1C[C@@H](c2ccc(C)cc2)O[C@@H](c2ccccc2)C1. The first-order valence-corrected chi connectivity index (χ1v) is 8.54. The van der Waals surface area contributed by atoms with E-state index in [2.05, 4.69) is 55.5 Å². The van der Waals surface area contributed by atoms with Gasteiger partial charge in [-0.25, -0.2) is 0 Å². The van der Waals surface area contributed by atoms with E-state index in [0.717, 1.165) is 12.8 Å². The third-order valence-corrected chi connectivity index (χ3v) is 4.83. The number of benzene rings is 2. The van der Waals surface area contributed by atoms with Gasteiger partial charge < -0.3 is 14.2 Å². The lowest BCUT2D eigenvalue weighted by Gasteiger charge is -2.38. The fraction of sp³-hybridized carbons (Fsp3) is 0.429. The predicted molar refractivity (Wildman–Crippen MR) is 94.7 cm³/mol. The lowest BCUT2D eigenvalue weighted by molar-refractivity contribution is -0.181. The molecule has 2 aromatic carbocycles. The van der Waals surface area contributed by atoms with Gasteiger partial charge in [-0.2, -0.15) is 0 Å². The lowest BCUT2D eigenvalue weighted by atomic mass is 9.86. The van der Waals surface area contributed by atoms with E-state index in [1.165, 1.54) is 16.7 Å². The summed E-state index contributed by atoms with van der Waals surface area (Å²) in [5.41, 5.74) is 3.69. The summed E-state index contributed by atoms with van der Waals surface area (Å²) in [6.45, 7) is 2.10. The van der Waals surface area contributed by atoms with Crippen molar-refractivity contribution in [1.29, 1.82) is 0 Å². The van der Waals surface area contributed by atoms with Crippen LogP contribution in [0.5, 0.6) is 0 Å². The van der Waals surface area contributed by atoms with E-state index < -0.39 is 0 Å². The van der Waals surface area contributed by atoms with Crippen LogP contribution in [0.25, 0.3) is 0 Å². The second-order valence-electron chi connectivity index (χ2n) is 6.51. The summed E-state index contributed by atoms with van der Waals surface area (Å²) in [6.07, 6.45) is 1.72. The van der Waals surface area contributed by atoms with Gasteiger partial charge in [0.25, 0.3) is 0 Å². The second kappa shape index (κ2) is 7.93. The Balaban J connectivity index is 1.86. The molecule has 0 N–H and O–H groups in total. The molecular weight excluding hydrogens is 300 g/mol. The van der Waals surface area contributed by atoms with Crippen LogP contribution in [0.4, 0.5) is 0 Å². The van der Waals surface area contributed by atoms with Crippen molar-refractivity contribution in [3.63, 3.8) is 0 Å². The van der Waals surface area contributed by atoms with Crippen molar-refractivity contribution in [2.75, 3.05) is 14.2 Å². The molecule has 0 spiro atoms. The molecule has 3 rings (SSSR count). The van der Waals surface area contributed by atoms with Gasteiger partial charge >= 0.3 is 0 Å². The molecule has 0 bridgehead atoms.